The predicted molar refractivity (Wildman–Crippen MR) is 57.2 cm³/mol. The maximum atomic E-state index is 9.92. The van der Waals surface area contributed by atoms with Crippen molar-refractivity contribution in [2.45, 2.75) is 31.9 Å². The number of rotatable bonds is 2. The van der Waals surface area contributed by atoms with Crippen LogP contribution in [0.5, 0.6) is 0 Å². The lowest BCUT2D eigenvalue weighted by molar-refractivity contribution is -0.0178. The van der Waals surface area contributed by atoms with E-state index in [0.29, 0.717) is 0 Å². The van der Waals surface area contributed by atoms with Gasteiger partial charge in [0, 0.05) is 24.2 Å². The zero-order valence-corrected chi connectivity index (χ0v) is 9.26. The summed E-state index contributed by atoms with van der Waals surface area (Å²) in [6.07, 6.45) is 3.92. The predicted octanol–water partition coefficient (Wildman–Crippen LogP) is 1.49. The van der Waals surface area contributed by atoms with Gasteiger partial charge in [0.05, 0.1) is 11.1 Å². The van der Waals surface area contributed by atoms with Gasteiger partial charge in [0.15, 0.2) is 0 Å². The van der Waals surface area contributed by atoms with E-state index < -0.39 is 5.60 Å². The van der Waals surface area contributed by atoms with E-state index in [1.165, 1.54) is 4.88 Å². The molecule has 78 valence electrons. The van der Waals surface area contributed by atoms with Crippen LogP contribution in [0.15, 0.2) is 11.7 Å². The molecule has 3 nitrogen and oxygen atoms in total. The van der Waals surface area contributed by atoms with Gasteiger partial charge in [0.25, 0.3) is 0 Å². The molecule has 4 heteroatoms. The third-order valence-electron chi connectivity index (χ3n) is 2.62. The van der Waals surface area contributed by atoms with Crippen LogP contribution in [0.4, 0.5) is 0 Å². The molecule has 14 heavy (non-hydrogen) atoms. The van der Waals surface area contributed by atoms with Crippen LogP contribution < -0.4 is 0 Å². The second-order valence-electron chi connectivity index (χ2n) is 4.28. The minimum atomic E-state index is -0.497. The largest absolute Gasteiger partial charge is 0.389 e. The van der Waals surface area contributed by atoms with Crippen LogP contribution >= 0.6 is 11.3 Å². The molecule has 1 aliphatic heterocycles. The minimum absolute atomic E-state index is 0.497. The first kappa shape index (κ1) is 10.1. The fourth-order valence-corrected chi connectivity index (χ4v) is 2.63. The molecule has 0 bridgehead atoms. The van der Waals surface area contributed by atoms with Gasteiger partial charge in [-0.2, -0.15) is 0 Å². The van der Waals surface area contributed by atoms with Crippen LogP contribution in [-0.2, 0) is 6.54 Å². The van der Waals surface area contributed by atoms with Crippen molar-refractivity contribution in [1.29, 1.82) is 0 Å². The highest BCUT2D eigenvalue weighted by molar-refractivity contribution is 7.09. The van der Waals surface area contributed by atoms with Crippen molar-refractivity contribution in [2.75, 3.05) is 13.1 Å². The minimum Gasteiger partial charge on any atom is -0.389 e. The van der Waals surface area contributed by atoms with Gasteiger partial charge in [-0.1, -0.05) is 0 Å². The Hall–Kier alpha value is -0.450. The third kappa shape index (κ3) is 2.53. The first-order valence-corrected chi connectivity index (χ1v) is 5.86. The second-order valence-corrected chi connectivity index (χ2v) is 5.25. The Kier molecular flexibility index (Phi) is 2.85. The van der Waals surface area contributed by atoms with Crippen LogP contribution in [0.1, 0.15) is 24.6 Å². The number of likely N-dealkylation sites (tertiary alicyclic amines) is 1. The van der Waals surface area contributed by atoms with Crippen molar-refractivity contribution >= 4 is 11.3 Å². The van der Waals surface area contributed by atoms with E-state index in [-0.39, 0.29) is 0 Å². The van der Waals surface area contributed by atoms with Gasteiger partial charge in [-0.15, -0.1) is 11.3 Å². The quantitative estimate of drug-likeness (QED) is 0.807. The van der Waals surface area contributed by atoms with E-state index in [4.69, 9.17) is 0 Å². The fraction of sp³-hybridized carbons (Fsp3) is 0.700. The first-order chi connectivity index (χ1) is 6.66. The maximum absolute atomic E-state index is 9.92. The number of thiazole rings is 1. The average Bonchev–Trinajstić information content (AvgIpc) is 2.54. The molecule has 1 atom stereocenters. The van der Waals surface area contributed by atoms with Crippen molar-refractivity contribution < 1.29 is 5.11 Å². The van der Waals surface area contributed by atoms with Crippen LogP contribution in [-0.4, -0.2) is 33.7 Å². The normalized spacial score (nSPS) is 29.3. The molecule has 1 unspecified atom stereocenters. The summed E-state index contributed by atoms with van der Waals surface area (Å²) in [7, 11) is 0. The van der Waals surface area contributed by atoms with Crippen molar-refractivity contribution in [3.05, 3.63) is 16.6 Å². The highest BCUT2D eigenvalue weighted by Gasteiger charge is 2.28. The second kappa shape index (κ2) is 3.96. The Labute approximate surface area is 88.4 Å². The highest BCUT2D eigenvalue weighted by atomic mass is 32.1. The zero-order chi connectivity index (χ0) is 10.0. The number of piperidine rings is 1. The van der Waals surface area contributed by atoms with Gasteiger partial charge in [-0.3, -0.25) is 9.88 Å². The molecule has 2 heterocycles. The lowest BCUT2D eigenvalue weighted by Gasteiger charge is -2.36. The Morgan fingerprint density at radius 3 is 3.21 bits per heavy atom. The summed E-state index contributed by atoms with van der Waals surface area (Å²) < 4.78 is 0. The van der Waals surface area contributed by atoms with Crippen molar-refractivity contribution in [3.8, 4) is 0 Å². The van der Waals surface area contributed by atoms with E-state index in [1.807, 2.05) is 18.6 Å². The topological polar surface area (TPSA) is 36.4 Å². The Morgan fingerprint density at radius 1 is 1.71 bits per heavy atom. The van der Waals surface area contributed by atoms with Gasteiger partial charge in [0.2, 0.25) is 0 Å². The summed E-state index contributed by atoms with van der Waals surface area (Å²) in [6.45, 7) is 4.73. The molecule has 1 N–H and O–H groups in total. The van der Waals surface area contributed by atoms with Crippen LogP contribution in [0.25, 0.3) is 0 Å². The fourth-order valence-electron chi connectivity index (χ4n) is 2.00. The summed E-state index contributed by atoms with van der Waals surface area (Å²) in [4.78, 5) is 7.64. The number of β-amino-alcohol motifs (C(OH)–C–C–N with tert-alkyl or cyclic N) is 1. The molecule has 1 aromatic heterocycles. The summed E-state index contributed by atoms with van der Waals surface area (Å²) in [5, 5.41) is 9.92. The molecule has 1 aromatic rings. The Balaban J connectivity index is 1.92. The van der Waals surface area contributed by atoms with E-state index in [9.17, 15) is 5.11 Å². The van der Waals surface area contributed by atoms with Gasteiger partial charge in [-0.25, -0.2) is 0 Å². The van der Waals surface area contributed by atoms with Gasteiger partial charge in [0.1, 0.15) is 0 Å². The average molecular weight is 212 g/mol. The lowest BCUT2D eigenvalue weighted by atomic mass is 9.95. The number of nitrogens with zero attached hydrogens (tertiary/aromatic N) is 2. The number of hydrogen-bond acceptors (Lipinski definition) is 4. The zero-order valence-electron chi connectivity index (χ0n) is 8.44. The molecule has 0 aromatic carbocycles. The van der Waals surface area contributed by atoms with Crippen LogP contribution in [0, 0.1) is 0 Å². The van der Waals surface area contributed by atoms with Crippen molar-refractivity contribution in [2.24, 2.45) is 0 Å². The molecule has 2 rings (SSSR count). The summed E-state index contributed by atoms with van der Waals surface area (Å²) in [5.41, 5.74) is 1.36. The van der Waals surface area contributed by atoms with Crippen LogP contribution in [0.3, 0.4) is 0 Å². The molecular formula is C10H16N2OS. The van der Waals surface area contributed by atoms with E-state index in [2.05, 4.69) is 9.88 Å². The van der Waals surface area contributed by atoms with E-state index in [0.717, 1.165) is 32.5 Å². The van der Waals surface area contributed by atoms with Crippen LogP contribution in [0.2, 0.25) is 0 Å². The standard InChI is InChI=1S/C10H16N2OS/c1-10(13)3-2-4-12(7-10)6-9-5-11-8-14-9/h5,8,13H,2-4,6-7H2,1H3. The molecule has 1 saturated heterocycles. The van der Waals surface area contributed by atoms with E-state index in [1.54, 1.807) is 11.3 Å². The van der Waals surface area contributed by atoms with Gasteiger partial charge in [-0.05, 0) is 26.3 Å². The Bertz CT molecular complexity index is 284. The molecule has 0 saturated carbocycles. The van der Waals surface area contributed by atoms with Gasteiger partial charge >= 0.3 is 0 Å². The summed E-state index contributed by atoms with van der Waals surface area (Å²) >= 11 is 1.68. The molecule has 0 aliphatic carbocycles. The molecule has 0 radical (unpaired) electrons. The lowest BCUT2D eigenvalue weighted by Crippen LogP contribution is -2.45. The molecule has 1 fully saturated rings. The number of aliphatic hydroxyl groups is 1. The molecule has 0 spiro atoms. The molecule has 1 aliphatic rings. The van der Waals surface area contributed by atoms with E-state index >= 15 is 0 Å². The third-order valence-corrected chi connectivity index (χ3v) is 3.38. The number of hydrogen-bond donors (Lipinski definition) is 1. The van der Waals surface area contributed by atoms with Crippen molar-refractivity contribution in [1.82, 2.24) is 9.88 Å². The van der Waals surface area contributed by atoms with Gasteiger partial charge < -0.3 is 5.11 Å². The van der Waals surface area contributed by atoms with Crippen molar-refractivity contribution in [3.63, 3.8) is 0 Å². The Morgan fingerprint density at radius 2 is 2.57 bits per heavy atom. The first-order valence-electron chi connectivity index (χ1n) is 4.98. The summed E-state index contributed by atoms with van der Waals surface area (Å²) in [5.74, 6) is 0. The highest BCUT2D eigenvalue weighted by Crippen LogP contribution is 2.22. The molecular weight excluding hydrogens is 196 g/mol. The summed E-state index contributed by atoms with van der Waals surface area (Å²) in [6, 6.07) is 0. The monoisotopic (exact) mass is 212 g/mol. The number of aromatic nitrogens is 1. The molecule has 0 amide bonds. The maximum Gasteiger partial charge on any atom is 0.0794 e. The smallest absolute Gasteiger partial charge is 0.0794 e. The SMILES string of the molecule is CC1(O)CCCN(Cc2cncs2)C1.